The first-order valence-electron chi connectivity index (χ1n) is 12.1. The van der Waals surface area contributed by atoms with Crippen molar-refractivity contribution in [1.82, 2.24) is 0 Å². The van der Waals surface area contributed by atoms with Crippen LogP contribution in [0.25, 0.3) is 5.31 Å². The van der Waals surface area contributed by atoms with Gasteiger partial charge in [-0.15, -0.1) is 0 Å². The summed E-state index contributed by atoms with van der Waals surface area (Å²) < 4.78 is 0. The Labute approximate surface area is 197 Å². The van der Waals surface area contributed by atoms with Crippen molar-refractivity contribution < 1.29 is 19.5 Å². The number of rotatable bonds is 5. The third-order valence-corrected chi connectivity index (χ3v) is 14.9. The standard InChI is InChI=1S/C26H39ClP.Ru/c27-21-26(22-13-5-1-6-14-22)28(23-15-7-2-8-16-23,24-17-9-3-10-18-24)25-19-11-4-12-20-25;/h1,5-6,13-14,21,23-25H,2-4,7-12,15-20H2;/q+1;. The molecule has 1 aromatic carbocycles. The van der Waals surface area contributed by atoms with E-state index in [9.17, 15) is 0 Å². The monoisotopic (exact) mass is 519 g/mol. The molecule has 0 saturated heterocycles. The average Bonchev–Trinajstić information content (AvgIpc) is 2.80. The Morgan fingerprint density at radius 2 is 1.03 bits per heavy atom. The fraction of sp³-hybridized carbons (Fsp3) is 0.692. The maximum absolute atomic E-state index is 6.81. The first-order chi connectivity index (χ1) is 13.9. The van der Waals surface area contributed by atoms with Gasteiger partial charge in [-0.2, -0.15) is 0 Å². The first-order valence-corrected chi connectivity index (χ1v) is 14.5. The van der Waals surface area contributed by atoms with E-state index in [0.29, 0.717) is 0 Å². The van der Waals surface area contributed by atoms with Gasteiger partial charge in [0.15, 0.2) is 0 Å². The SMILES string of the molecule is ClC=C(c1ccccc1)[P+](C1CCCCC1)(C1CCCCC1)C1CCCCC1.[Ru]. The number of hydrogen-bond acceptors (Lipinski definition) is 0. The molecule has 0 N–H and O–H groups in total. The minimum atomic E-state index is -1.33. The van der Waals surface area contributed by atoms with E-state index < -0.39 is 7.26 Å². The summed E-state index contributed by atoms with van der Waals surface area (Å²) in [6.07, 6.45) is 21.9. The van der Waals surface area contributed by atoms with Crippen LogP contribution in [0.2, 0.25) is 0 Å². The van der Waals surface area contributed by atoms with E-state index in [1.165, 1.54) is 102 Å². The van der Waals surface area contributed by atoms with Gasteiger partial charge >= 0.3 is 0 Å². The van der Waals surface area contributed by atoms with Gasteiger partial charge < -0.3 is 0 Å². The average molecular weight is 519 g/mol. The predicted molar refractivity (Wildman–Crippen MR) is 128 cm³/mol. The second kappa shape index (κ2) is 11.8. The summed E-state index contributed by atoms with van der Waals surface area (Å²) in [5.74, 6) is 0. The van der Waals surface area contributed by atoms with Gasteiger partial charge in [0.05, 0.1) is 24.2 Å². The minimum absolute atomic E-state index is 0. The van der Waals surface area contributed by atoms with Gasteiger partial charge in [-0.25, -0.2) is 0 Å². The Hall–Kier alpha value is 0.303. The molecule has 0 unspecified atom stereocenters. The number of halogens is 1. The Bertz CT molecular complexity index is 580. The zero-order chi connectivity index (χ0) is 19.2. The summed E-state index contributed by atoms with van der Waals surface area (Å²) in [4.78, 5) is 0. The first kappa shape index (κ1) is 24.0. The third-order valence-electron chi connectivity index (χ3n) is 8.13. The fourth-order valence-corrected chi connectivity index (χ4v) is 15.0. The molecule has 3 heteroatoms. The summed E-state index contributed by atoms with van der Waals surface area (Å²) in [6.45, 7) is 0. The normalized spacial score (nSPS) is 23.6. The fourth-order valence-electron chi connectivity index (χ4n) is 6.99. The molecule has 162 valence electrons. The molecule has 0 amide bonds. The van der Waals surface area contributed by atoms with Crippen LogP contribution in [-0.2, 0) is 19.5 Å². The second-order valence-electron chi connectivity index (χ2n) is 9.57. The summed E-state index contributed by atoms with van der Waals surface area (Å²) >= 11 is 6.81. The summed E-state index contributed by atoms with van der Waals surface area (Å²) in [6, 6.07) is 11.3. The molecule has 0 atom stereocenters. The van der Waals surface area contributed by atoms with E-state index >= 15 is 0 Å². The summed E-state index contributed by atoms with van der Waals surface area (Å²) in [5, 5.41) is 1.63. The van der Waals surface area contributed by atoms with Crippen molar-refractivity contribution in [2.45, 2.75) is 113 Å². The van der Waals surface area contributed by atoms with Gasteiger partial charge in [0, 0.05) is 30.6 Å². The van der Waals surface area contributed by atoms with Crippen molar-refractivity contribution in [3.05, 3.63) is 41.4 Å². The molecule has 4 rings (SSSR count). The van der Waals surface area contributed by atoms with Gasteiger partial charge in [-0.05, 0) is 77.0 Å². The van der Waals surface area contributed by atoms with Crippen LogP contribution in [0.4, 0.5) is 0 Å². The molecule has 0 radical (unpaired) electrons. The maximum Gasteiger partial charge on any atom is 0.113 e. The van der Waals surface area contributed by atoms with Crippen LogP contribution in [0, 0.1) is 0 Å². The minimum Gasteiger partial charge on any atom is -0.0886 e. The van der Waals surface area contributed by atoms with Crippen LogP contribution >= 0.6 is 18.9 Å². The Morgan fingerprint density at radius 3 is 1.38 bits per heavy atom. The van der Waals surface area contributed by atoms with Gasteiger partial charge in [0.1, 0.15) is 5.31 Å². The molecule has 29 heavy (non-hydrogen) atoms. The van der Waals surface area contributed by atoms with E-state index in [0.717, 1.165) is 17.0 Å². The van der Waals surface area contributed by atoms with Crippen LogP contribution in [0.15, 0.2) is 35.9 Å². The van der Waals surface area contributed by atoms with Gasteiger partial charge in [-0.3, -0.25) is 0 Å². The van der Waals surface area contributed by atoms with Crippen LogP contribution in [0.5, 0.6) is 0 Å². The van der Waals surface area contributed by atoms with Crippen molar-refractivity contribution in [1.29, 1.82) is 0 Å². The Morgan fingerprint density at radius 1 is 0.655 bits per heavy atom. The molecular formula is C26H39ClPRu+. The van der Waals surface area contributed by atoms with Gasteiger partial charge in [-0.1, -0.05) is 61.2 Å². The van der Waals surface area contributed by atoms with Crippen molar-refractivity contribution >= 4 is 24.2 Å². The molecule has 3 aliphatic rings. The van der Waals surface area contributed by atoms with E-state index in [-0.39, 0.29) is 19.5 Å². The maximum atomic E-state index is 6.81. The van der Waals surface area contributed by atoms with Crippen LogP contribution < -0.4 is 0 Å². The molecule has 0 spiro atoms. The van der Waals surface area contributed by atoms with Crippen molar-refractivity contribution in [2.24, 2.45) is 0 Å². The third kappa shape index (κ3) is 5.04. The second-order valence-corrected chi connectivity index (χ2v) is 14.1. The largest absolute Gasteiger partial charge is 0.113 e. The molecule has 3 saturated carbocycles. The zero-order valence-electron chi connectivity index (χ0n) is 18.0. The Balaban J connectivity index is 0.00000240. The van der Waals surface area contributed by atoms with E-state index in [4.69, 9.17) is 11.6 Å². The number of hydrogen-bond donors (Lipinski definition) is 0. The molecule has 0 nitrogen and oxygen atoms in total. The van der Waals surface area contributed by atoms with Crippen LogP contribution in [0.3, 0.4) is 0 Å². The smallest absolute Gasteiger partial charge is 0.0886 e. The van der Waals surface area contributed by atoms with Crippen molar-refractivity contribution in [3.8, 4) is 0 Å². The quantitative estimate of drug-likeness (QED) is 0.269. The van der Waals surface area contributed by atoms with Crippen molar-refractivity contribution in [2.75, 3.05) is 0 Å². The molecule has 1 aromatic rings. The molecule has 0 aliphatic heterocycles. The topological polar surface area (TPSA) is 0 Å². The molecular weight excluding hydrogens is 480 g/mol. The van der Waals surface area contributed by atoms with E-state index in [2.05, 4.69) is 35.9 Å². The molecule has 0 heterocycles. The molecule has 3 aliphatic carbocycles. The molecule has 0 bridgehead atoms. The molecule has 3 fully saturated rings. The molecule has 0 aromatic heterocycles. The van der Waals surface area contributed by atoms with Gasteiger partial charge in [0.2, 0.25) is 0 Å². The zero-order valence-corrected chi connectivity index (χ0v) is 21.4. The summed E-state index contributed by atoms with van der Waals surface area (Å²) in [5.41, 5.74) is 6.36. The Kier molecular flexibility index (Phi) is 9.74. The predicted octanol–water partition coefficient (Wildman–Crippen LogP) is 9.24. The number of benzene rings is 1. The van der Waals surface area contributed by atoms with Gasteiger partial charge in [0.25, 0.3) is 0 Å². The van der Waals surface area contributed by atoms with E-state index in [1.807, 2.05) is 0 Å². The van der Waals surface area contributed by atoms with Crippen LogP contribution in [0.1, 0.15) is 102 Å². The summed E-state index contributed by atoms with van der Waals surface area (Å²) in [7, 11) is -1.33. The van der Waals surface area contributed by atoms with Crippen LogP contribution in [-0.4, -0.2) is 17.0 Å². The van der Waals surface area contributed by atoms with E-state index in [1.54, 1.807) is 5.31 Å². The van der Waals surface area contributed by atoms with Crippen molar-refractivity contribution in [3.63, 3.8) is 0 Å².